The number of quaternary nitrogens is 1. The number of ether oxygens (including phenoxy) is 4. The lowest BCUT2D eigenvalue weighted by Crippen LogP contribution is -2.44. The van der Waals surface area contributed by atoms with Crippen molar-refractivity contribution in [3.8, 4) is 0 Å². The number of carbonyl (C=O) groups excluding carboxylic acids is 3. The van der Waals surface area contributed by atoms with E-state index in [0.717, 1.165) is 96.3 Å². The van der Waals surface area contributed by atoms with Crippen molar-refractivity contribution in [1.82, 2.24) is 0 Å². The Morgan fingerprint density at radius 3 is 1.30 bits per heavy atom. The Hall–Kier alpha value is -3.79. The highest BCUT2D eigenvalue weighted by Crippen LogP contribution is 2.13. The average molecular weight is 936 g/mol. The molecule has 0 aliphatic heterocycles. The highest BCUT2D eigenvalue weighted by Gasteiger charge is 2.21. The number of nitrogens with zero attached hydrogens (tertiary/aromatic N) is 1. The number of aliphatic carboxylic acids is 1. The fourth-order valence-corrected chi connectivity index (χ4v) is 6.74. The van der Waals surface area contributed by atoms with Gasteiger partial charge in [-0.05, 0) is 96.3 Å². The molecule has 2 unspecified atom stereocenters. The Morgan fingerprint density at radius 1 is 0.463 bits per heavy atom. The Bertz CT molecular complexity index is 1420. The van der Waals surface area contributed by atoms with E-state index in [2.05, 4.69) is 111 Å². The quantitative estimate of drug-likeness (QED) is 0.0195. The molecule has 0 N–H and O–H groups in total. The molecule has 0 saturated heterocycles. The van der Waals surface area contributed by atoms with Gasteiger partial charge >= 0.3 is 11.9 Å². The van der Waals surface area contributed by atoms with Crippen molar-refractivity contribution >= 4 is 17.9 Å². The summed E-state index contributed by atoms with van der Waals surface area (Å²) < 4.78 is 22.6. The third-order valence-corrected chi connectivity index (χ3v) is 10.8. The fourth-order valence-electron chi connectivity index (χ4n) is 6.74. The number of likely N-dealkylation sites (N-methyl/N-ethyl adjacent to an activating group) is 1. The first-order chi connectivity index (χ1) is 32.6. The summed E-state index contributed by atoms with van der Waals surface area (Å²) in [6.45, 7) is 4.57. The summed E-state index contributed by atoms with van der Waals surface area (Å²) in [4.78, 5) is 37.2. The van der Waals surface area contributed by atoms with E-state index in [4.69, 9.17) is 18.9 Å². The molecule has 0 spiro atoms. The van der Waals surface area contributed by atoms with Gasteiger partial charge in [-0.25, -0.2) is 0 Å². The maximum atomic E-state index is 12.8. The second kappa shape index (κ2) is 48.7. The van der Waals surface area contributed by atoms with E-state index in [1.54, 1.807) is 0 Å². The van der Waals surface area contributed by atoms with Gasteiger partial charge < -0.3 is 33.3 Å². The van der Waals surface area contributed by atoms with Gasteiger partial charge in [-0.15, -0.1) is 0 Å². The van der Waals surface area contributed by atoms with E-state index in [-0.39, 0.29) is 38.6 Å². The minimum atomic E-state index is -1.64. The molecule has 0 aromatic carbocycles. The van der Waals surface area contributed by atoms with Gasteiger partial charge in [0.2, 0.25) is 0 Å². The van der Waals surface area contributed by atoms with Crippen LogP contribution < -0.4 is 5.11 Å². The molecule has 0 aromatic rings. The molecule has 0 radical (unpaired) electrons. The Morgan fingerprint density at radius 2 is 0.851 bits per heavy atom. The molecule has 9 heteroatoms. The summed E-state index contributed by atoms with van der Waals surface area (Å²) in [5.74, 6) is -2.35. The zero-order valence-electron chi connectivity index (χ0n) is 43.2. The Labute approximate surface area is 410 Å². The maximum absolute atomic E-state index is 12.8. The van der Waals surface area contributed by atoms with Gasteiger partial charge in [-0.3, -0.25) is 9.59 Å². The average Bonchev–Trinajstić information content (AvgIpc) is 3.29. The zero-order valence-corrected chi connectivity index (χ0v) is 43.2. The van der Waals surface area contributed by atoms with Crippen molar-refractivity contribution in [2.45, 2.75) is 206 Å². The third-order valence-electron chi connectivity index (χ3n) is 10.8. The van der Waals surface area contributed by atoms with Crippen molar-refractivity contribution in [3.05, 3.63) is 97.2 Å². The molecule has 0 aliphatic carbocycles. The number of rotatable bonds is 47. The minimum Gasteiger partial charge on any atom is -0.545 e. The summed E-state index contributed by atoms with van der Waals surface area (Å²) >= 11 is 0. The van der Waals surface area contributed by atoms with Crippen LogP contribution in [0.3, 0.4) is 0 Å². The lowest BCUT2D eigenvalue weighted by Gasteiger charge is -2.26. The predicted molar refractivity (Wildman–Crippen MR) is 278 cm³/mol. The third kappa shape index (κ3) is 49.9. The molecule has 382 valence electrons. The number of carbonyl (C=O) groups is 3. The van der Waals surface area contributed by atoms with Gasteiger partial charge in [0.15, 0.2) is 12.4 Å². The topological polar surface area (TPSA) is 111 Å². The smallest absolute Gasteiger partial charge is 0.306 e. The Balaban J connectivity index is 4.43. The standard InChI is InChI=1S/C58H97NO8/c1-6-8-10-12-14-16-18-20-22-24-25-26-27-28-29-30-31-33-35-37-39-41-43-45-47-49-56(61)67-54(53-66-58(57(62)63)64-51-50-59(3,4)5)52-65-55(60)48-46-44-42-40-38-36-34-32-23-21-19-17-15-13-11-9-7-2/h8,10,14,16,20-23,25-26,28-29,31,33,37,39,54,58H,6-7,9,11-13,15,17-19,24,27,30,32,34-36,38,40-53H2,1-5H3/b10-8-,16-14-,22-20-,23-21-,26-25-,29-28-,33-31-,39-37-. The van der Waals surface area contributed by atoms with Crippen LogP contribution in [0.2, 0.25) is 0 Å². The molecule has 9 nitrogen and oxygen atoms in total. The van der Waals surface area contributed by atoms with Crippen molar-refractivity contribution in [2.24, 2.45) is 0 Å². The summed E-state index contributed by atoms with van der Waals surface area (Å²) in [6, 6.07) is 0. The first-order valence-corrected chi connectivity index (χ1v) is 26.4. The van der Waals surface area contributed by atoms with Gasteiger partial charge in [0.05, 0.1) is 40.3 Å². The number of unbranched alkanes of at least 4 members (excludes halogenated alkanes) is 16. The van der Waals surface area contributed by atoms with Crippen LogP contribution in [0.1, 0.15) is 194 Å². The van der Waals surface area contributed by atoms with E-state index in [9.17, 15) is 19.5 Å². The van der Waals surface area contributed by atoms with Crippen molar-refractivity contribution in [2.75, 3.05) is 47.5 Å². The molecule has 0 aliphatic rings. The summed E-state index contributed by atoms with van der Waals surface area (Å²) in [5.41, 5.74) is 0. The summed E-state index contributed by atoms with van der Waals surface area (Å²) in [7, 11) is 5.89. The molecule has 0 rings (SSSR count). The first-order valence-electron chi connectivity index (χ1n) is 26.4. The van der Waals surface area contributed by atoms with Crippen LogP contribution in [0.5, 0.6) is 0 Å². The van der Waals surface area contributed by atoms with Crippen LogP contribution in [0.25, 0.3) is 0 Å². The van der Waals surface area contributed by atoms with Crippen LogP contribution >= 0.6 is 0 Å². The van der Waals surface area contributed by atoms with Crippen molar-refractivity contribution < 1.29 is 42.9 Å². The Kier molecular flexibility index (Phi) is 45.9. The molecule has 2 atom stereocenters. The monoisotopic (exact) mass is 936 g/mol. The molecule has 0 saturated carbocycles. The van der Waals surface area contributed by atoms with Crippen molar-refractivity contribution in [3.63, 3.8) is 0 Å². The second-order valence-corrected chi connectivity index (χ2v) is 18.4. The van der Waals surface area contributed by atoms with Gasteiger partial charge in [0.1, 0.15) is 13.2 Å². The van der Waals surface area contributed by atoms with E-state index >= 15 is 0 Å². The SMILES string of the molecule is CC/C=C\C/C=C\C/C=C\C/C=C\C/C=C\C/C=C\C/C=C\CCCCCC(=O)OC(COC(=O)CCCCCCCCC/C=C\CCCCCCCC)COC(OCC[N+](C)(C)C)C(=O)[O-]. The molecular weight excluding hydrogens is 839 g/mol. The number of hydrogen-bond acceptors (Lipinski definition) is 8. The van der Waals surface area contributed by atoms with Gasteiger partial charge in [0, 0.05) is 12.8 Å². The molecule has 0 fully saturated rings. The number of esters is 2. The van der Waals surface area contributed by atoms with Crippen LogP contribution in [0.15, 0.2) is 97.2 Å². The van der Waals surface area contributed by atoms with E-state index < -0.39 is 24.3 Å². The van der Waals surface area contributed by atoms with Crippen LogP contribution in [-0.2, 0) is 33.3 Å². The second-order valence-electron chi connectivity index (χ2n) is 18.4. The predicted octanol–water partition coefficient (Wildman–Crippen LogP) is 13.7. The van der Waals surface area contributed by atoms with Crippen LogP contribution in [0, 0.1) is 0 Å². The molecule has 67 heavy (non-hydrogen) atoms. The first kappa shape index (κ1) is 63.2. The lowest BCUT2D eigenvalue weighted by atomic mass is 10.1. The molecule has 0 amide bonds. The van der Waals surface area contributed by atoms with Crippen LogP contribution in [0.4, 0.5) is 0 Å². The fraction of sp³-hybridized carbons (Fsp3) is 0.672. The van der Waals surface area contributed by atoms with Gasteiger partial charge in [0.25, 0.3) is 0 Å². The van der Waals surface area contributed by atoms with E-state index in [0.29, 0.717) is 17.4 Å². The number of carboxylic acid groups (broad SMARTS) is 1. The molecule has 0 heterocycles. The largest absolute Gasteiger partial charge is 0.545 e. The minimum absolute atomic E-state index is 0.135. The lowest BCUT2D eigenvalue weighted by molar-refractivity contribution is -0.870. The highest BCUT2D eigenvalue weighted by molar-refractivity contribution is 5.70. The molecular formula is C58H97NO8. The highest BCUT2D eigenvalue weighted by atomic mass is 16.7. The summed E-state index contributed by atoms with van der Waals surface area (Å²) in [6.07, 6.45) is 61.5. The number of allylic oxidation sites excluding steroid dienone is 16. The van der Waals surface area contributed by atoms with Gasteiger partial charge in [-0.1, -0.05) is 182 Å². The maximum Gasteiger partial charge on any atom is 0.306 e. The number of hydrogen-bond donors (Lipinski definition) is 0. The normalized spacial score (nSPS) is 13.6. The number of carboxylic acids is 1. The zero-order chi connectivity index (χ0) is 49.2. The van der Waals surface area contributed by atoms with E-state index in [1.165, 1.54) is 64.2 Å². The van der Waals surface area contributed by atoms with Crippen LogP contribution in [-0.4, -0.2) is 82.3 Å². The molecule has 0 aromatic heterocycles. The van der Waals surface area contributed by atoms with Crippen molar-refractivity contribution in [1.29, 1.82) is 0 Å². The van der Waals surface area contributed by atoms with Gasteiger partial charge in [-0.2, -0.15) is 0 Å². The van der Waals surface area contributed by atoms with E-state index in [1.807, 2.05) is 21.1 Å². The molecule has 0 bridgehead atoms. The summed E-state index contributed by atoms with van der Waals surface area (Å²) in [5, 5.41) is 11.7.